The Hall–Kier alpha value is -1.61. The quantitative estimate of drug-likeness (QED) is 0.854. The number of hydrogen-bond acceptors (Lipinski definition) is 5. The summed E-state index contributed by atoms with van der Waals surface area (Å²) in [6, 6.07) is 9.68. The fourth-order valence-electron chi connectivity index (χ4n) is 2.19. The molecule has 0 aromatic carbocycles. The van der Waals surface area contributed by atoms with Crippen LogP contribution in [0.5, 0.6) is 0 Å². The lowest BCUT2D eigenvalue weighted by atomic mass is 10.2. The molecule has 20 heavy (non-hydrogen) atoms. The molecule has 3 rings (SSSR count). The first-order valence-electron chi connectivity index (χ1n) is 6.24. The van der Waals surface area contributed by atoms with Crippen molar-refractivity contribution in [1.29, 1.82) is 5.26 Å². The van der Waals surface area contributed by atoms with Gasteiger partial charge in [-0.25, -0.2) is 4.98 Å². The van der Waals surface area contributed by atoms with Gasteiger partial charge < -0.3 is 9.64 Å². The van der Waals surface area contributed by atoms with Gasteiger partial charge in [-0.05, 0) is 23.6 Å². The van der Waals surface area contributed by atoms with Crippen LogP contribution in [-0.2, 0) is 4.74 Å². The van der Waals surface area contributed by atoms with Gasteiger partial charge >= 0.3 is 0 Å². The van der Waals surface area contributed by atoms with Gasteiger partial charge in [0.15, 0.2) is 5.69 Å². The maximum atomic E-state index is 9.00. The minimum absolute atomic E-state index is 0.0618. The molecule has 102 valence electrons. The van der Waals surface area contributed by atoms with Crippen molar-refractivity contribution in [2.75, 3.05) is 24.6 Å². The van der Waals surface area contributed by atoms with E-state index in [0.29, 0.717) is 11.6 Å². The van der Waals surface area contributed by atoms with Crippen LogP contribution in [0.4, 0.5) is 5.82 Å². The van der Waals surface area contributed by atoms with Crippen molar-refractivity contribution in [2.45, 2.75) is 6.10 Å². The molecule has 1 aliphatic heterocycles. The lowest BCUT2D eigenvalue weighted by Gasteiger charge is -2.33. The smallest absolute Gasteiger partial charge is 0.161 e. The highest BCUT2D eigenvalue weighted by molar-refractivity contribution is 7.10. The summed E-state index contributed by atoms with van der Waals surface area (Å²) >= 11 is 7.61. The number of ether oxygens (including phenoxy) is 1. The van der Waals surface area contributed by atoms with E-state index < -0.39 is 0 Å². The number of nitriles is 1. The van der Waals surface area contributed by atoms with Crippen LogP contribution in [-0.4, -0.2) is 24.7 Å². The van der Waals surface area contributed by atoms with Crippen molar-refractivity contribution < 1.29 is 4.74 Å². The standard InChI is InChI=1S/C14H12ClN3OS/c15-10-3-4-14(17-11(10)8-16)18-5-6-19-12(9-18)13-2-1-7-20-13/h1-4,7,12H,5-6,9H2. The minimum Gasteiger partial charge on any atom is -0.369 e. The number of nitrogens with zero attached hydrogens (tertiary/aromatic N) is 3. The lowest BCUT2D eigenvalue weighted by Crippen LogP contribution is -2.38. The molecule has 1 aliphatic rings. The number of hydrogen-bond donors (Lipinski definition) is 0. The molecule has 0 aliphatic carbocycles. The number of thiophene rings is 1. The maximum absolute atomic E-state index is 9.00. The second-order valence-electron chi connectivity index (χ2n) is 4.43. The van der Waals surface area contributed by atoms with E-state index in [2.05, 4.69) is 16.0 Å². The van der Waals surface area contributed by atoms with Crippen LogP contribution >= 0.6 is 22.9 Å². The van der Waals surface area contributed by atoms with Crippen LogP contribution in [0.15, 0.2) is 29.6 Å². The molecule has 4 nitrogen and oxygen atoms in total. The zero-order chi connectivity index (χ0) is 13.9. The summed E-state index contributed by atoms with van der Waals surface area (Å²) in [7, 11) is 0. The van der Waals surface area contributed by atoms with Gasteiger partial charge in [0.1, 0.15) is 18.0 Å². The Balaban J connectivity index is 1.82. The Morgan fingerprint density at radius 1 is 1.45 bits per heavy atom. The molecular weight excluding hydrogens is 294 g/mol. The van der Waals surface area contributed by atoms with Crippen molar-refractivity contribution in [1.82, 2.24) is 4.98 Å². The lowest BCUT2D eigenvalue weighted by molar-refractivity contribution is 0.0418. The van der Waals surface area contributed by atoms with Crippen molar-refractivity contribution in [3.63, 3.8) is 0 Å². The molecule has 0 spiro atoms. The highest BCUT2D eigenvalue weighted by Gasteiger charge is 2.24. The molecule has 0 radical (unpaired) electrons. The van der Waals surface area contributed by atoms with Gasteiger partial charge in [-0.2, -0.15) is 5.26 Å². The zero-order valence-corrected chi connectivity index (χ0v) is 12.2. The Morgan fingerprint density at radius 3 is 3.10 bits per heavy atom. The number of halogens is 1. The molecule has 0 saturated carbocycles. The Kier molecular flexibility index (Phi) is 3.88. The molecule has 1 atom stereocenters. The molecular formula is C14H12ClN3OS. The molecule has 2 aromatic rings. The van der Waals surface area contributed by atoms with Crippen molar-refractivity contribution in [3.8, 4) is 6.07 Å². The summed E-state index contributed by atoms with van der Waals surface area (Å²) in [5.41, 5.74) is 0.267. The van der Waals surface area contributed by atoms with Crippen LogP contribution in [0.2, 0.25) is 5.02 Å². The van der Waals surface area contributed by atoms with Crippen molar-refractivity contribution in [2.24, 2.45) is 0 Å². The molecule has 3 heterocycles. The van der Waals surface area contributed by atoms with Crippen molar-refractivity contribution >= 4 is 28.8 Å². The summed E-state index contributed by atoms with van der Waals surface area (Å²) in [5.74, 6) is 0.774. The Labute approximate surface area is 126 Å². The van der Waals surface area contributed by atoms with Gasteiger partial charge in [-0.3, -0.25) is 0 Å². The SMILES string of the molecule is N#Cc1nc(N2CCOC(c3cccs3)C2)ccc1Cl. The number of aromatic nitrogens is 1. The first-order chi connectivity index (χ1) is 9.78. The fourth-order valence-corrected chi connectivity index (χ4v) is 3.10. The molecule has 0 N–H and O–H groups in total. The van der Waals surface area contributed by atoms with E-state index in [0.717, 1.165) is 18.9 Å². The first-order valence-corrected chi connectivity index (χ1v) is 7.50. The summed E-state index contributed by atoms with van der Waals surface area (Å²) in [4.78, 5) is 7.65. The van der Waals surface area contributed by atoms with Crippen LogP contribution in [0.3, 0.4) is 0 Å². The van der Waals surface area contributed by atoms with E-state index in [9.17, 15) is 0 Å². The third kappa shape index (κ3) is 2.63. The average Bonchev–Trinajstić information content (AvgIpc) is 3.02. The van der Waals surface area contributed by atoms with Gasteiger partial charge in [-0.1, -0.05) is 17.7 Å². The predicted octanol–water partition coefficient (Wildman–Crippen LogP) is 3.25. The summed E-state index contributed by atoms with van der Waals surface area (Å²) in [6.45, 7) is 2.15. The summed E-state index contributed by atoms with van der Waals surface area (Å²) in [6.07, 6.45) is 0.0618. The van der Waals surface area contributed by atoms with E-state index in [1.807, 2.05) is 23.6 Å². The molecule has 1 fully saturated rings. The van der Waals surface area contributed by atoms with Gasteiger partial charge in [0.25, 0.3) is 0 Å². The topological polar surface area (TPSA) is 49.2 Å². The molecule has 1 unspecified atom stereocenters. The summed E-state index contributed by atoms with van der Waals surface area (Å²) < 4.78 is 5.80. The first kappa shape index (κ1) is 13.4. The zero-order valence-electron chi connectivity index (χ0n) is 10.6. The Morgan fingerprint density at radius 2 is 2.35 bits per heavy atom. The normalized spacial score (nSPS) is 18.8. The van der Waals surface area contributed by atoms with Gasteiger partial charge in [-0.15, -0.1) is 11.3 Å². The second-order valence-corrected chi connectivity index (χ2v) is 5.82. The minimum atomic E-state index is 0.0618. The Bertz CT molecular complexity index is 638. The highest BCUT2D eigenvalue weighted by atomic mass is 35.5. The number of rotatable bonds is 2. The van der Waals surface area contributed by atoms with Gasteiger partial charge in [0.05, 0.1) is 18.2 Å². The largest absolute Gasteiger partial charge is 0.369 e. The van der Waals surface area contributed by atoms with Crippen LogP contribution < -0.4 is 4.90 Å². The number of pyridine rings is 1. The second kappa shape index (κ2) is 5.80. The van der Waals surface area contributed by atoms with Gasteiger partial charge in [0, 0.05) is 11.4 Å². The highest BCUT2D eigenvalue weighted by Crippen LogP contribution is 2.28. The van der Waals surface area contributed by atoms with E-state index in [1.165, 1.54) is 4.88 Å². The number of morpholine rings is 1. The van der Waals surface area contributed by atoms with Crippen molar-refractivity contribution in [3.05, 3.63) is 45.2 Å². The van der Waals surface area contributed by atoms with E-state index in [1.54, 1.807) is 17.4 Å². The molecule has 0 amide bonds. The predicted molar refractivity (Wildman–Crippen MR) is 79.2 cm³/mol. The molecule has 2 aromatic heterocycles. The van der Waals surface area contributed by atoms with Gasteiger partial charge in [0.2, 0.25) is 0 Å². The third-order valence-corrected chi connectivity index (χ3v) is 4.46. The fraction of sp³-hybridized carbons (Fsp3) is 0.286. The van der Waals surface area contributed by atoms with E-state index in [4.69, 9.17) is 21.6 Å². The van der Waals surface area contributed by atoms with E-state index in [-0.39, 0.29) is 11.8 Å². The molecule has 6 heteroatoms. The van der Waals surface area contributed by atoms with E-state index >= 15 is 0 Å². The number of anilines is 1. The molecule has 0 bridgehead atoms. The average molecular weight is 306 g/mol. The maximum Gasteiger partial charge on any atom is 0.161 e. The third-order valence-electron chi connectivity index (χ3n) is 3.19. The molecule has 1 saturated heterocycles. The van der Waals surface area contributed by atoms with Crippen LogP contribution in [0, 0.1) is 11.3 Å². The van der Waals surface area contributed by atoms with Crippen LogP contribution in [0.25, 0.3) is 0 Å². The monoisotopic (exact) mass is 305 g/mol. The summed E-state index contributed by atoms with van der Waals surface area (Å²) in [5, 5.41) is 11.4. The van der Waals surface area contributed by atoms with Crippen LogP contribution in [0.1, 0.15) is 16.7 Å².